The molecule has 0 saturated carbocycles. The molecule has 10 heavy (non-hydrogen) atoms. The van der Waals surface area contributed by atoms with Crippen molar-refractivity contribution in [2.24, 2.45) is 5.73 Å². The monoisotopic (exact) mass is 196 g/mol. The van der Waals surface area contributed by atoms with Gasteiger partial charge in [0.25, 0.3) is 0 Å². The normalized spacial score (nSPS) is 10.3. The maximum Gasteiger partial charge on any atom is 0.185 e. The van der Waals surface area contributed by atoms with Crippen molar-refractivity contribution in [2.45, 2.75) is 6.42 Å². The van der Waals surface area contributed by atoms with E-state index in [0.717, 1.165) is 5.69 Å². The number of hydrogen-bond acceptors (Lipinski definition) is 3. The van der Waals surface area contributed by atoms with Gasteiger partial charge >= 0.3 is 0 Å². The van der Waals surface area contributed by atoms with Gasteiger partial charge < -0.3 is 5.73 Å². The molecule has 1 aromatic rings. The highest BCUT2D eigenvalue weighted by Gasteiger charge is 2.05. The van der Waals surface area contributed by atoms with Crippen LogP contribution in [0.15, 0.2) is 0 Å². The summed E-state index contributed by atoms with van der Waals surface area (Å²) in [6, 6.07) is 0. The Labute approximate surface area is 73.0 Å². The largest absolute Gasteiger partial charge is 0.330 e. The maximum atomic E-state index is 5.74. The van der Waals surface area contributed by atoms with Crippen LogP contribution in [0.2, 0.25) is 8.80 Å². The molecule has 0 bridgehead atoms. The molecular formula is C5H6Cl2N2S. The fourth-order valence-corrected chi connectivity index (χ4v) is 1.97. The summed E-state index contributed by atoms with van der Waals surface area (Å²) in [6.45, 7) is 0.555. The number of halogens is 2. The predicted molar refractivity (Wildman–Crippen MR) is 44.9 cm³/mol. The maximum absolute atomic E-state index is 5.74. The molecule has 2 N–H and O–H groups in total. The van der Waals surface area contributed by atoms with Crippen molar-refractivity contribution in [3.63, 3.8) is 0 Å². The molecule has 0 saturated heterocycles. The van der Waals surface area contributed by atoms with E-state index < -0.39 is 0 Å². The van der Waals surface area contributed by atoms with Gasteiger partial charge in [-0.05, 0) is 6.54 Å². The highest BCUT2D eigenvalue weighted by Crippen LogP contribution is 2.27. The van der Waals surface area contributed by atoms with Crippen molar-refractivity contribution >= 4 is 34.5 Å². The van der Waals surface area contributed by atoms with E-state index in [2.05, 4.69) is 4.98 Å². The zero-order valence-electron chi connectivity index (χ0n) is 5.10. The third kappa shape index (κ3) is 1.83. The first-order chi connectivity index (χ1) is 4.74. The molecule has 1 rings (SSSR count). The van der Waals surface area contributed by atoms with Crippen molar-refractivity contribution in [2.75, 3.05) is 6.54 Å². The average Bonchev–Trinajstić information content (AvgIpc) is 2.13. The summed E-state index contributed by atoms with van der Waals surface area (Å²) in [6.07, 6.45) is 0.696. The van der Waals surface area contributed by atoms with Crippen molar-refractivity contribution in [1.29, 1.82) is 0 Å². The predicted octanol–water partition coefficient (Wildman–Crippen LogP) is 1.95. The lowest BCUT2D eigenvalue weighted by molar-refractivity contribution is 0.936. The molecule has 1 aromatic heterocycles. The van der Waals surface area contributed by atoms with Crippen LogP contribution in [0.25, 0.3) is 0 Å². The van der Waals surface area contributed by atoms with Crippen LogP contribution >= 0.6 is 34.5 Å². The second-order valence-electron chi connectivity index (χ2n) is 1.73. The number of hydrogen-bond donors (Lipinski definition) is 1. The second kappa shape index (κ2) is 3.53. The molecule has 0 amide bonds. The lowest BCUT2D eigenvalue weighted by Crippen LogP contribution is -2.02. The van der Waals surface area contributed by atoms with E-state index in [-0.39, 0.29) is 0 Å². The zero-order valence-corrected chi connectivity index (χ0v) is 7.43. The molecule has 56 valence electrons. The number of nitrogens with zero attached hydrogens (tertiary/aromatic N) is 1. The Morgan fingerprint density at radius 1 is 1.50 bits per heavy atom. The molecule has 0 aliphatic heterocycles. The summed E-state index contributed by atoms with van der Waals surface area (Å²) in [5.41, 5.74) is 6.11. The molecule has 0 fully saturated rings. The minimum atomic E-state index is 0.480. The smallest absolute Gasteiger partial charge is 0.185 e. The van der Waals surface area contributed by atoms with Crippen LogP contribution in [0.1, 0.15) is 5.69 Å². The SMILES string of the molecule is NCCc1nc(Cl)sc1Cl. The van der Waals surface area contributed by atoms with E-state index in [1.807, 2.05) is 0 Å². The topological polar surface area (TPSA) is 38.9 Å². The fourth-order valence-electron chi connectivity index (χ4n) is 0.597. The van der Waals surface area contributed by atoms with E-state index in [1.165, 1.54) is 11.3 Å². The Balaban J connectivity index is 2.81. The third-order valence-corrected chi connectivity index (χ3v) is 2.44. The van der Waals surface area contributed by atoms with Crippen LogP contribution in [0, 0.1) is 0 Å². The summed E-state index contributed by atoms with van der Waals surface area (Å²) in [7, 11) is 0. The Morgan fingerprint density at radius 3 is 2.60 bits per heavy atom. The van der Waals surface area contributed by atoms with Crippen molar-refractivity contribution in [3.8, 4) is 0 Å². The molecule has 0 aromatic carbocycles. The van der Waals surface area contributed by atoms with E-state index in [9.17, 15) is 0 Å². The van der Waals surface area contributed by atoms with Crippen LogP contribution < -0.4 is 5.73 Å². The van der Waals surface area contributed by atoms with Crippen LogP contribution in [0.5, 0.6) is 0 Å². The van der Waals surface area contributed by atoms with Gasteiger partial charge in [-0.1, -0.05) is 34.5 Å². The average molecular weight is 197 g/mol. The zero-order chi connectivity index (χ0) is 7.56. The highest BCUT2D eigenvalue weighted by atomic mass is 35.5. The third-order valence-electron chi connectivity index (χ3n) is 1.00. The Morgan fingerprint density at radius 2 is 2.20 bits per heavy atom. The Bertz CT molecular complexity index is 223. The quantitative estimate of drug-likeness (QED) is 0.786. The van der Waals surface area contributed by atoms with Gasteiger partial charge in [0.2, 0.25) is 0 Å². The summed E-state index contributed by atoms with van der Waals surface area (Å²) in [4.78, 5) is 3.97. The molecule has 5 heteroatoms. The Hall–Kier alpha value is 0.170. The first-order valence-corrected chi connectivity index (χ1v) is 4.32. The lowest BCUT2D eigenvalue weighted by Gasteiger charge is -1.89. The highest BCUT2D eigenvalue weighted by molar-refractivity contribution is 7.19. The van der Waals surface area contributed by atoms with E-state index in [4.69, 9.17) is 28.9 Å². The lowest BCUT2D eigenvalue weighted by atomic mass is 10.3. The van der Waals surface area contributed by atoms with Gasteiger partial charge in [-0.3, -0.25) is 0 Å². The molecule has 0 aliphatic rings. The van der Waals surface area contributed by atoms with Crippen LogP contribution in [0.4, 0.5) is 0 Å². The second-order valence-corrected chi connectivity index (χ2v) is 3.91. The minimum Gasteiger partial charge on any atom is -0.330 e. The molecule has 0 aliphatic carbocycles. The van der Waals surface area contributed by atoms with Gasteiger partial charge in [0.15, 0.2) is 4.47 Å². The van der Waals surface area contributed by atoms with Gasteiger partial charge in [0.1, 0.15) is 4.34 Å². The van der Waals surface area contributed by atoms with Gasteiger partial charge in [-0.2, -0.15) is 0 Å². The molecule has 2 nitrogen and oxygen atoms in total. The van der Waals surface area contributed by atoms with Gasteiger partial charge in [-0.15, -0.1) is 0 Å². The number of rotatable bonds is 2. The van der Waals surface area contributed by atoms with Crippen LogP contribution in [0.3, 0.4) is 0 Å². The van der Waals surface area contributed by atoms with Gasteiger partial charge in [0.05, 0.1) is 5.69 Å². The van der Waals surface area contributed by atoms with Gasteiger partial charge in [0, 0.05) is 6.42 Å². The number of aromatic nitrogens is 1. The summed E-state index contributed by atoms with van der Waals surface area (Å²) in [5, 5.41) is 0. The summed E-state index contributed by atoms with van der Waals surface area (Å²) in [5.74, 6) is 0. The fraction of sp³-hybridized carbons (Fsp3) is 0.400. The van der Waals surface area contributed by atoms with Crippen molar-refractivity contribution in [1.82, 2.24) is 4.98 Å². The van der Waals surface area contributed by atoms with Crippen molar-refractivity contribution < 1.29 is 0 Å². The molecule has 0 unspecified atom stereocenters. The number of nitrogens with two attached hydrogens (primary N) is 1. The van der Waals surface area contributed by atoms with Crippen LogP contribution in [-0.2, 0) is 6.42 Å². The first-order valence-electron chi connectivity index (χ1n) is 2.75. The van der Waals surface area contributed by atoms with E-state index in [1.54, 1.807) is 0 Å². The molecule has 1 heterocycles. The van der Waals surface area contributed by atoms with E-state index in [0.29, 0.717) is 21.8 Å². The first kappa shape index (κ1) is 8.27. The summed E-state index contributed by atoms with van der Waals surface area (Å²) >= 11 is 12.6. The standard InChI is InChI=1S/C5H6Cl2N2S/c6-4-3(1-2-8)9-5(7)10-4/h1-2,8H2. The minimum absolute atomic E-state index is 0.480. The van der Waals surface area contributed by atoms with E-state index >= 15 is 0 Å². The van der Waals surface area contributed by atoms with Crippen molar-refractivity contribution in [3.05, 3.63) is 14.5 Å². The number of thiazole rings is 1. The van der Waals surface area contributed by atoms with Crippen LogP contribution in [-0.4, -0.2) is 11.5 Å². The molecule has 0 radical (unpaired) electrons. The molecular weight excluding hydrogens is 191 g/mol. The Kier molecular flexibility index (Phi) is 2.92. The molecule has 0 spiro atoms. The molecule has 0 atom stereocenters. The van der Waals surface area contributed by atoms with Gasteiger partial charge in [-0.25, -0.2) is 4.98 Å². The summed E-state index contributed by atoms with van der Waals surface area (Å²) < 4.78 is 1.13.